The number of allylic oxidation sites excluding steroid dienone is 4. The van der Waals surface area contributed by atoms with Gasteiger partial charge in [0, 0.05) is 18.3 Å². The smallest absolute Gasteiger partial charge is 0.0409 e. The molecule has 0 saturated carbocycles. The Balaban J connectivity index is 1.81. The molecule has 1 nitrogen and oxygen atoms in total. The maximum atomic E-state index is 4.09. The molecule has 0 spiro atoms. The molecule has 26 heavy (non-hydrogen) atoms. The van der Waals surface area contributed by atoms with E-state index in [-0.39, 0.29) is 0 Å². The van der Waals surface area contributed by atoms with E-state index in [2.05, 4.69) is 80.0 Å². The van der Waals surface area contributed by atoms with E-state index in [1.54, 1.807) is 0 Å². The highest BCUT2D eigenvalue weighted by atomic mass is 14.8. The van der Waals surface area contributed by atoms with Crippen molar-refractivity contribution in [2.45, 2.75) is 26.2 Å². The molecule has 0 unspecified atom stereocenters. The molecule has 1 aliphatic carbocycles. The molecule has 0 aliphatic heterocycles. The summed E-state index contributed by atoms with van der Waals surface area (Å²) in [5.41, 5.74) is 10.3. The lowest BCUT2D eigenvalue weighted by Gasteiger charge is -2.08. The summed E-state index contributed by atoms with van der Waals surface area (Å²) in [4.78, 5) is 0. The molecule has 0 amide bonds. The quantitative estimate of drug-likeness (QED) is 0.606. The Morgan fingerprint density at radius 3 is 2.73 bits per heavy atom. The molecule has 0 bridgehead atoms. The van der Waals surface area contributed by atoms with Crippen LogP contribution in [0.2, 0.25) is 0 Å². The Kier molecular flexibility index (Phi) is 5.58. The second-order valence-electron chi connectivity index (χ2n) is 6.67. The van der Waals surface area contributed by atoms with E-state index < -0.39 is 0 Å². The van der Waals surface area contributed by atoms with Gasteiger partial charge >= 0.3 is 0 Å². The number of hydrogen-bond donors (Lipinski definition) is 1. The van der Waals surface area contributed by atoms with Crippen molar-refractivity contribution in [3.63, 3.8) is 0 Å². The van der Waals surface area contributed by atoms with Gasteiger partial charge in [0.15, 0.2) is 0 Å². The maximum Gasteiger partial charge on any atom is 0.0409 e. The highest BCUT2D eigenvalue weighted by molar-refractivity contribution is 5.77. The van der Waals surface area contributed by atoms with Crippen LogP contribution >= 0.6 is 0 Å². The first-order chi connectivity index (χ1) is 12.7. The third kappa shape index (κ3) is 3.57. The predicted molar refractivity (Wildman–Crippen MR) is 115 cm³/mol. The minimum absolute atomic E-state index is 0.884. The highest BCUT2D eigenvalue weighted by Gasteiger charge is 2.19. The van der Waals surface area contributed by atoms with Crippen LogP contribution in [-0.2, 0) is 12.8 Å². The summed E-state index contributed by atoms with van der Waals surface area (Å²) in [6.45, 7) is 10.2. The molecule has 0 radical (unpaired) electrons. The molecule has 0 atom stereocenters. The Labute approximate surface area is 157 Å². The number of hydrogen-bond acceptors (Lipinski definition) is 1. The fourth-order valence-electron chi connectivity index (χ4n) is 3.65. The molecule has 0 heterocycles. The van der Waals surface area contributed by atoms with Gasteiger partial charge in [-0.25, -0.2) is 0 Å². The van der Waals surface area contributed by atoms with E-state index in [4.69, 9.17) is 0 Å². The first-order valence-corrected chi connectivity index (χ1v) is 9.27. The van der Waals surface area contributed by atoms with Crippen LogP contribution < -0.4 is 5.32 Å². The summed E-state index contributed by atoms with van der Waals surface area (Å²) >= 11 is 0. The van der Waals surface area contributed by atoms with E-state index in [1.165, 1.54) is 39.1 Å². The molecule has 1 aliphatic rings. The summed E-state index contributed by atoms with van der Waals surface area (Å²) in [7, 11) is 2.02. The van der Waals surface area contributed by atoms with Crippen molar-refractivity contribution in [3.05, 3.63) is 101 Å². The van der Waals surface area contributed by atoms with E-state index >= 15 is 0 Å². The molecule has 2 aromatic carbocycles. The molecule has 132 valence electrons. The topological polar surface area (TPSA) is 12.0 Å². The van der Waals surface area contributed by atoms with Crippen LogP contribution in [0.15, 0.2) is 73.3 Å². The van der Waals surface area contributed by atoms with Gasteiger partial charge in [-0.3, -0.25) is 0 Å². The van der Waals surface area contributed by atoms with E-state index in [0.717, 1.165) is 24.8 Å². The molecule has 1 heteroatoms. The maximum absolute atomic E-state index is 4.09. The van der Waals surface area contributed by atoms with Gasteiger partial charge in [0.25, 0.3) is 0 Å². The van der Waals surface area contributed by atoms with Crippen LogP contribution in [0.25, 0.3) is 17.3 Å². The lowest BCUT2D eigenvalue weighted by Crippen LogP contribution is -2.04. The van der Waals surface area contributed by atoms with Crippen LogP contribution in [-0.4, -0.2) is 7.05 Å². The first-order valence-electron chi connectivity index (χ1n) is 9.27. The fraction of sp³-hybridized carbons (Fsp3) is 0.200. The van der Waals surface area contributed by atoms with Gasteiger partial charge in [-0.15, -0.1) is 0 Å². The Bertz CT molecular complexity index is 896. The monoisotopic (exact) mass is 341 g/mol. The fourth-order valence-corrected chi connectivity index (χ4v) is 3.65. The van der Waals surface area contributed by atoms with Gasteiger partial charge in [-0.1, -0.05) is 74.7 Å². The van der Waals surface area contributed by atoms with E-state index in [1.807, 2.05) is 13.1 Å². The van der Waals surface area contributed by atoms with Crippen molar-refractivity contribution in [2.75, 3.05) is 7.05 Å². The SMILES string of the molecule is C=CC(=C)c1ccccc1CC=Cc1ccc2c(c1)C(NC)=C(CC)C2. The van der Waals surface area contributed by atoms with E-state index in [0.29, 0.717) is 0 Å². The lowest BCUT2D eigenvalue weighted by molar-refractivity contribution is 1.01. The number of fused-ring (bicyclic) bond motifs is 1. The standard InChI is InChI=1S/C25H27N/c1-5-18(3)23-13-8-7-11-21(23)12-9-10-19-14-15-22-17-20(6-2)25(26-4)24(22)16-19/h5,7-11,13-16,26H,1,3,6,12,17H2,2,4H3. The number of benzene rings is 2. The van der Waals surface area contributed by atoms with Crippen LogP contribution in [0.4, 0.5) is 0 Å². The second kappa shape index (κ2) is 8.05. The summed E-state index contributed by atoms with van der Waals surface area (Å²) in [6.07, 6.45) is 9.32. The van der Waals surface area contributed by atoms with Crippen LogP contribution in [0.3, 0.4) is 0 Å². The van der Waals surface area contributed by atoms with Crippen molar-refractivity contribution < 1.29 is 0 Å². The summed E-state index contributed by atoms with van der Waals surface area (Å²) in [5.74, 6) is 0. The Morgan fingerprint density at radius 2 is 2.00 bits per heavy atom. The number of rotatable bonds is 7. The second-order valence-corrected chi connectivity index (χ2v) is 6.67. The van der Waals surface area contributed by atoms with Gasteiger partial charge in [0.05, 0.1) is 0 Å². The normalized spacial score (nSPS) is 13.2. The van der Waals surface area contributed by atoms with Crippen LogP contribution in [0.1, 0.15) is 41.2 Å². The first kappa shape index (κ1) is 18.0. The van der Waals surface area contributed by atoms with Crippen LogP contribution in [0.5, 0.6) is 0 Å². The molecule has 0 aromatic heterocycles. The highest BCUT2D eigenvalue weighted by Crippen LogP contribution is 2.33. The zero-order chi connectivity index (χ0) is 18.5. The summed E-state index contributed by atoms with van der Waals surface area (Å²) in [5, 5.41) is 3.39. The summed E-state index contributed by atoms with van der Waals surface area (Å²) < 4.78 is 0. The van der Waals surface area contributed by atoms with Gasteiger partial charge in [-0.05, 0) is 58.7 Å². The minimum atomic E-state index is 0.884. The largest absolute Gasteiger partial charge is 0.388 e. The van der Waals surface area contributed by atoms with Crippen molar-refractivity contribution in [3.8, 4) is 0 Å². The molecule has 1 N–H and O–H groups in total. The molecular formula is C25H27N. The van der Waals surface area contributed by atoms with Gasteiger partial charge < -0.3 is 5.32 Å². The minimum Gasteiger partial charge on any atom is -0.388 e. The third-order valence-corrected chi connectivity index (χ3v) is 5.10. The molecular weight excluding hydrogens is 314 g/mol. The van der Waals surface area contributed by atoms with Gasteiger partial charge in [-0.2, -0.15) is 0 Å². The Hall–Kier alpha value is -2.80. The third-order valence-electron chi connectivity index (χ3n) is 5.10. The lowest BCUT2D eigenvalue weighted by atomic mass is 9.98. The molecule has 0 saturated heterocycles. The van der Waals surface area contributed by atoms with E-state index in [9.17, 15) is 0 Å². The average Bonchev–Trinajstić information content (AvgIpc) is 3.04. The zero-order valence-electron chi connectivity index (χ0n) is 15.8. The van der Waals surface area contributed by atoms with Crippen molar-refractivity contribution in [1.29, 1.82) is 0 Å². The molecule has 3 rings (SSSR count). The van der Waals surface area contributed by atoms with Crippen molar-refractivity contribution >= 4 is 17.3 Å². The molecule has 0 fully saturated rings. The predicted octanol–water partition coefficient (Wildman–Crippen LogP) is 6.04. The van der Waals surface area contributed by atoms with Crippen LogP contribution in [0, 0.1) is 0 Å². The van der Waals surface area contributed by atoms with Gasteiger partial charge in [0.1, 0.15) is 0 Å². The summed E-state index contributed by atoms with van der Waals surface area (Å²) in [6, 6.07) is 15.2. The van der Waals surface area contributed by atoms with Gasteiger partial charge in [0.2, 0.25) is 0 Å². The molecule has 2 aromatic rings. The zero-order valence-corrected chi connectivity index (χ0v) is 15.8. The average molecular weight is 341 g/mol. The number of nitrogens with one attached hydrogen (secondary N) is 1. The Morgan fingerprint density at radius 1 is 1.19 bits per heavy atom. The van der Waals surface area contributed by atoms with Crippen molar-refractivity contribution in [2.24, 2.45) is 0 Å². The van der Waals surface area contributed by atoms with Crippen molar-refractivity contribution in [1.82, 2.24) is 5.32 Å².